The van der Waals surface area contributed by atoms with E-state index in [0.29, 0.717) is 24.7 Å². The molecule has 6 nitrogen and oxygen atoms in total. The van der Waals surface area contributed by atoms with Crippen LogP contribution >= 0.6 is 0 Å². The van der Waals surface area contributed by atoms with E-state index in [4.69, 9.17) is 14.2 Å². The van der Waals surface area contributed by atoms with Gasteiger partial charge in [-0.2, -0.15) is 0 Å². The van der Waals surface area contributed by atoms with E-state index < -0.39 is 6.09 Å². The molecule has 0 radical (unpaired) electrons. The summed E-state index contributed by atoms with van der Waals surface area (Å²) in [5, 5.41) is 5.66. The molecule has 1 aliphatic rings. The Morgan fingerprint density at radius 3 is 2.95 bits per heavy atom. The second-order valence-electron chi connectivity index (χ2n) is 4.23. The topological polar surface area (TPSA) is 68.8 Å². The number of carbonyl (C=O) groups excluding carboxylic acids is 1. The van der Waals surface area contributed by atoms with Crippen molar-refractivity contribution in [2.45, 2.75) is 12.6 Å². The molecule has 0 bridgehead atoms. The molecule has 0 aromatic heterocycles. The third kappa shape index (κ3) is 3.51. The van der Waals surface area contributed by atoms with Crippen LogP contribution in [0.3, 0.4) is 0 Å². The number of rotatable bonds is 6. The van der Waals surface area contributed by atoms with E-state index in [-0.39, 0.29) is 6.10 Å². The Morgan fingerprint density at radius 2 is 2.32 bits per heavy atom. The highest BCUT2D eigenvalue weighted by Gasteiger charge is 2.23. The predicted octanol–water partition coefficient (Wildman–Crippen LogP) is 0.902. The van der Waals surface area contributed by atoms with Gasteiger partial charge in [-0.05, 0) is 24.7 Å². The number of carbonyl (C=O) groups is 1. The van der Waals surface area contributed by atoms with E-state index in [9.17, 15) is 4.79 Å². The molecule has 0 aliphatic carbocycles. The zero-order valence-corrected chi connectivity index (χ0v) is 11.1. The number of hydrogen-bond acceptors (Lipinski definition) is 5. The minimum absolute atomic E-state index is 0.259. The van der Waals surface area contributed by atoms with Gasteiger partial charge >= 0.3 is 6.09 Å². The van der Waals surface area contributed by atoms with Crippen molar-refractivity contribution >= 4 is 6.09 Å². The molecule has 1 aromatic carbocycles. The van der Waals surface area contributed by atoms with Crippen LogP contribution in [0.5, 0.6) is 11.5 Å². The quantitative estimate of drug-likeness (QED) is 0.800. The van der Waals surface area contributed by atoms with Crippen LogP contribution in [-0.2, 0) is 11.3 Å². The lowest BCUT2D eigenvalue weighted by Gasteiger charge is -2.14. The average molecular weight is 266 g/mol. The number of amides is 1. The fourth-order valence-corrected chi connectivity index (χ4v) is 1.86. The first kappa shape index (κ1) is 13.5. The van der Waals surface area contributed by atoms with E-state index in [1.807, 2.05) is 25.2 Å². The summed E-state index contributed by atoms with van der Waals surface area (Å²) in [6.45, 7) is 1.52. The summed E-state index contributed by atoms with van der Waals surface area (Å²) in [5.41, 5.74) is 1.10. The van der Waals surface area contributed by atoms with Crippen LogP contribution in [0.4, 0.5) is 4.79 Å². The van der Waals surface area contributed by atoms with Gasteiger partial charge in [-0.1, -0.05) is 6.07 Å². The first-order valence-electron chi connectivity index (χ1n) is 6.11. The Kier molecular flexibility index (Phi) is 4.46. The molecule has 0 saturated carbocycles. The van der Waals surface area contributed by atoms with Crippen LogP contribution < -0.4 is 20.1 Å². The number of alkyl carbamates (subject to hydrolysis) is 1. The number of methoxy groups -OCH3 is 1. The van der Waals surface area contributed by atoms with Gasteiger partial charge in [-0.25, -0.2) is 4.79 Å². The molecule has 1 aromatic rings. The molecule has 1 aliphatic heterocycles. The fraction of sp³-hybridized carbons (Fsp3) is 0.462. The number of nitrogens with one attached hydrogen (secondary N) is 2. The lowest BCUT2D eigenvalue weighted by atomic mass is 10.2. The van der Waals surface area contributed by atoms with Gasteiger partial charge in [0.2, 0.25) is 0 Å². The number of ether oxygens (including phenoxy) is 3. The van der Waals surface area contributed by atoms with E-state index in [2.05, 4.69) is 10.6 Å². The van der Waals surface area contributed by atoms with Gasteiger partial charge in [-0.3, -0.25) is 0 Å². The second-order valence-corrected chi connectivity index (χ2v) is 4.23. The van der Waals surface area contributed by atoms with Crippen molar-refractivity contribution in [3.63, 3.8) is 0 Å². The number of cyclic esters (lactones) is 1. The third-order valence-corrected chi connectivity index (χ3v) is 2.78. The molecule has 19 heavy (non-hydrogen) atoms. The maximum Gasteiger partial charge on any atom is 0.407 e. The number of hydrogen-bond donors (Lipinski definition) is 2. The van der Waals surface area contributed by atoms with Crippen LogP contribution in [0.15, 0.2) is 18.2 Å². The van der Waals surface area contributed by atoms with Gasteiger partial charge in [0, 0.05) is 6.54 Å². The van der Waals surface area contributed by atoms with Crippen LogP contribution in [0.1, 0.15) is 5.56 Å². The van der Waals surface area contributed by atoms with Crippen LogP contribution in [0.2, 0.25) is 0 Å². The summed E-state index contributed by atoms with van der Waals surface area (Å²) in [4.78, 5) is 10.9. The van der Waals surface area contributed by atoms with Crippen molar-refractivity contribution in [2.24, 2.45) is 0 Å². The molecule has 104 valence electrons. The molecule has 0 spiro atoms. The van der Waals surface area contributed by atoms with Gasteiger partial charge in [-0.15, -0.1) is 0 Å². The van der Waals surface area contributed by atoms with Crippen LogP contribution in [0.25, 0.3) is 0 Å². The lowest BCUT2D eigenvalue weighted by molar-refractivity contribution is 0.103. The molecule has 6 heteroatoms. The molecule has 1 fully saturated rings. The summed E-state index contributed by atoms with van der Waals surface area (Å²) in [6.07, 6.45) is -0.658. The number of benzene rings is 1. The maximum absolute atomic E-state index is 10.9. The average Bonchev–Trinajstić information content (AvgIpc) is 2.83. The van der Waals surface area contributed by atoms with Crippen molar-refractivity contribution < 1.29 is 19.0 Å². The standard InChI is InChI=1S/C13H18N2O4/c1-14-6-9-3-4-11(17-2)12(5-9)18-8-10-7-15-13(16)19-10/h3-5,10,14H,6-8H2,1-2H3,(H,15,16). The molecule has 1 amide bonds. The third-order valence-electron chi connectivity index (χ3n) is 2.78. The molecule has 1 saturated heterocycles. The van der Waals surface area contributed by atoms with E-state index in [1.54, 1.807) is 7.11 Å². The summed E-state index contributed by atoms with van der Waals surface area (Å²) >= 11 is 0. The Bertz CT molecular complexity index is 450. The fourth-order valence-electron chi connectivity index (χ4n) is 1.86. The normalized spacial score (nSPS) is 17.8. The first-order chi connectivity index (χ1) is 9.22. The van der Waals surface area contributed by atoms with Crippen molar-refractivity contribution in [1.82, 2.24) is 10.6 Å². The van der Waals surface area contributed by atoms with Crippen molar-refractivity contribution in [2.75, 3.05) is 27.3 Å². The summed E-state index contributed by atoms with van der Waals surface area (Å²) in [5.74, 6) is 1.32. The summed E-state index contributed by atoms with van der Waals surface area (Å²) in [7, 11) is 3.48. The Labute approximate surface area is 112 Å². The van der Waals surface area contributed by atoms with Gasteiger partial charge in [0.1, 0.15) is 6.61 Å². The van der Waals surface area contributed by atoms with Crippen molar-refractivity contribution in [3.05, 3.63) is 23.8 Å². The van der Waals surface area contributed by atoms with Gasteiger partial charge in [0.25, 0.3) is 0 Å². The highest BCUT2D eigenvalue weighted by Crippen LogP contribution is 2.28. The first-order valence-corrected chi connectivity index (χ1v) is 6.11. The van der Waals surface area contributed by atoms with Gasteiger partial charge in [0.05, 0.1) is 13.7 Å². The molecular weight excluding hydrogens is 248 g/mol. The molecule has 2 N–H and O–H groups in total. The summed E-state index contributed by atoms with van der Waals surface area (Å²) < 4.78 is 15.9. The maximum atomic E-state index is 10.9. The second kappa shape index (κ2) is 6.29. The van der Waals surface area contributed by atoms with E-state index >= 15 is 0 Å². The van der Waals surface area contributed by atoms with E-state index in [1.165, 1.54) is 0 Å². The van der Waals surface area contributed by atoms with Crippen LogP contribution in [0, 0.1) is 0 Å². The smallest absolute Gasteiger partial charge is 0.407 e. The predicted molar refractivity (Wildman–Crippen MR) is 69.5 cm³/mol. The van der Waals surface area contributed by atoms with Crippen LogP contribution in [-0.4, -0.2) is 39.5 Å². The van der Waals surface area contributed by atoms with Gasteiger partial charge in [0.15, 0.2) is 17.6 Å². The Hall–Kier alpha value is -1.95. The Morgan fingerprint density at radius 1 is 1.47 bits per heavy atom. The van der Waals surface area contributed by atoms with Crippen molar-refractivity contribution in [3.8, 4) is 11.5 Å². The largest absolute Gasteiger partial charge is 0.493 e. The Balaban J connectivity index is 2.00. The molecule has 2 rings (SSSR count). The molecular formula is C13H18N2O4. The SMILES string of the molecule is CNCc1ccc(OC)c(OCC2CNC(=O)O2)c1. The minimum Gasteiger partial charge on any atom is -0.493 e. The summed E-state index contributed by atoms with van der Waals surface area (Å²) in [6, 6.07) is 5.75. The molecule has 1 unspecified atom stereocenters. The highest BCUT2D eigenvalue weighted by atomic mass is 16.6. The van der Waals surface area contributed by atoms with E-state index in [0.717, 1.165) is 12.1 Å². The molecule has 1 heterocycles. The highest BCUT2D eigenvalue weighted by molar-refractivity contribution is 5.69. The van der Waals surface area contributed by atoms with Crippen molar-refractivity contribution in [1.29, 1.82) is 0 Å². The lowest BCUT2D eigenvalue weighted by Crippen LogP contribution is -2.22. The zero-order chi connectivity index (χ0) is 13.7. The van der Waals surface area contributed by atoms with Gasteiger partial charge < -0.3 is 24.8 Å². The minimum atomic E-state index is -0.399. The monoisotopic (exact) mass is 266 g/mol. The molecule has 1 atom stereocenters. The zero-order valence-electron chi connectivity index (χ0n) is 11.1.